The second-order valence-electron chi connectivity index (χ2n) is 5.63. The average Bonchev–Trinajstić information content (AvgIpc) is 2.14. The second-order valence-corrected chi connectivity index (χ2v) is 6.19. The van der Waals surface area contributed by atoms with Crippen molar-refractivity contribution in [2.75, 3.05) is 6.54 Å². The van der Waals surface area contributed by atoms with E-state index in [9.17, 15) is 4.79 Å². The molecule has 0 saturated carbocycles. The molecule has 0 aliphatic rings. The van der Waals surface area contributed by atoms with Crippen LogP contribution < -0.4 is 5.32 Å². The number of carbonyl (C=O) groups is 1. The van der Waals surface area contributed by atoms with Gasteiger partial charge in [-0.15, -0.1) is 11.6 Å². The van der Waals surface area contributed by atoms with E-state index in [2.05, 4.69) is 39.9 Å². The Morgan fingerprint density at radius 3 is 2.12 bits per heavy atom. The molecule has 16 heavy (non-hydrogen) atoms. The Balaban J connectivity index is 3.92. The van der Waals surface area contributed by atoms with E-state index < -0.39 is 0 Å². The lowest BCUT2D eigenvalue weighted by atomic mass is 9.92. The van der Waals surface area contributed by atoms with Gasteiger partial charge in [0.05, 0.1) is 5.38 Å². The van der Waals surface area contributed by atoms with Crippen molar-refractivity contribution in [2.24, 2.45) is 11.3 Å². The van der Waals surface area contributed by atoms with E-state index in [-0.39, 0.29) is 16.7 Å². The lowest BCUT2D eigenvalue weighted by molar-refractivity contribution is -0.122. The molecule has 1 atom stereocenters. The third-order valence-corrected chi connectivity index (χ3v) is 3.26. The van der Waals surface area contributed by atoms with Crippen molar-refractivity contribution in [3.05, 3.63) is 0 Å². The molecule has 0 saturated heterocycles. The van der Waals surface area contributed by atoms with Crippen LogP contribution in [0.15, 0.2) is 0 Å². The van der Waals surface area contributed by atoms with Gasteiger partial charge in [0.2, 0.25) is 5.91 Å². The minimum Gasteiger partial charge on any atom is -0.355 e. The van der Waals surface area contributed by atoms with Gasteiger partial charge in [0.25, 0.3) is 0 Å². The predicted molar refractivity (Wildman–Crippen MR) is 70.8 cm³/mol. The molecule has 0 fully saturated rings. The number of amides is 1. The third-order valence-electron chi connectivity index (χ3n) is 2.75. The second kappa shape index (κ2) is 7.16. The first-order chi connectivity index (χ1) is 7.30. The van der Waals surface area contributed by atoms with Gasteiger partial charge in [-0.2, -0.15) is 0 Å². The standard InChI is InChI=1S/C13H26ClNO/c1-6-10(7-2)11(14)9-15-12(16)8-13(3,4)5/h10-11H,6-9H2,1-5H3,(H,15,16). The van der Waals surface area contributed by atoms with Crippen molar-refractivity contribution in [3.8, 4) is 0 Å². The lowest BCUT2D eigenvalue weighted by Gasteiger charge is -2.21. The Labute approximate surface area is 105 Å². The quantitative estimate of drug-likeness (QED) is 0.715. The summed E-state index contributed by atoms with van der Waals surface area (Å²) in [5.41, 5.74) is 0.0425. The maximum absolute atomic E-state index is 11.6. The maximum atomic E-state index is 11.6. The summed E-state index contributed by atoms with van der Waals surface area (Å²) in [5.74, 6) is 0.598. The highest BCUT2D eigenvalue weighted by Crippen LogP contribution is 2.19. The SMILES string of the molecule is CCC(CC)C(Cl)CNC(=O)CC(C)(C)C. The highest BCUT2D eigenvalue weighted by Gasteiger charge is 2.19. The van der Waals surface area contributed by atoms with Crippen LogP contribution >= 0.6 is 11.6 Å². The topological polar surface area (TPSA) is 29.1 Å². The van der Waals surface area contributed by atoms with E-state index in [1.54, 1.807) is 0 Å². The highest BCUT2D eigenvalue weighted by molar-refractivity contribution is 6.21. The Kier molecular flexibility index (Phi) is 7.05. The van der Waals surface area contributed by atoms with Crippen LogP contribution in [-0.4, -0.2) is 17.8 Å². The fraction of sp³-hybridized carbons (Fsp3) is 0.923. The molecule has 0 aliphatic carbocycles. The molecule has 0 spiro atoms. The molecule has 0 heterocycles. The largest absolute Gasteiger partial charge is 0.355 e. The van der Waals surface area contributed by atoms with Crippen LogP contribution in [0, 0.1) is 11.3 Å². The molecule has 0 aromatic heterocycles. The Morgan fingerprint density at radius 2 is 1.75 bits per heavy atom. The number of alkyl halides is 1. The third kappa shape index (κ3) is 7.10. The van der Waals surface area contributed by atoms with Gasteiger partial charge in [-0.3, -0.25) is 4.79 Å². The zero-order valence-electron chi connectivity index (χ0n) is 11.3. The smallest absolute Gasteiger partial charge is 0.220 e. The Bertz CT molecular complexity index is 206. The average molecular weight is 248 g/mol. The van der Waals surface area contributed by atoms with E-state index in [1.807, 2.05) is 0 Å². The molecule has 0 aromatic rings. The monoisotopic (exact) mass is 247 g/mol. The highest BCUT2D eigenvalue weighted by atomic mass is 35.5. The number of hydrogen-bond acceptors (Lipinski definition) is 1. The van der Waals surface area contributed by atoms with E-state index in [0.29, 0.717) is 18.9 Å². The van der Waals surface area contributed by atoms with E-state index >= 15 is 0 Å². The first-order valence-corrected chi connectivity index (χ1v) is 6.64. The Hall–Kier alpha value is -0.240. The number of nitrogens with one attached hydrogen (secondary N) is 1. The normalized spacial score (nSPS) is 13.9. The van der Waals surface area contributed by atoms with Gasteiger partial charge in [0.15, 0.2) is 0 Å². The van der Waals surface area contributed by atoms with Gasteiger partial charge in [-0.05, 0) is 11.3 Å². The number of rotatable bonds is 6. The summed E-state index contributed by atoms with van der Waals surface area (Å²) in [7, 11) is 0. The minimum absolute atomic E-state index is 0.0425. The van der Waals surface area contributed by atoms with Crippen LogP contribution in [0.5, 0.6) is 0 Å². The summed E-state index contributed by atoms with van der Waals surface area (Å²) < 4.78 is 0. The van der Waals surface area contributed by atoms with E-state index in [4.69, 9.17) is 11.6 Å². The van der Waals surface area contributed by atoms with Gasteiger partial charge in [-0.25, -0.2) is 0 Å². The Morgan fingerprint density at radius 1 is 1.25 bits per heavy atom. The molecule has 96 valence electrons. The van der Waals surface area contributed by atoms with E-state index in [1.165, 1.54) is 0 Å². The number of carbonyl (C=O) groups excluding carboxylic acids is 1. The molecule has 0 rings (SSSR count). The fourth-order valence-electron chi connectivity index (χ4n) is 1.72. The summed E-state index contributed by atoms with van der Waals surface area (Å²) in [4.78, 5) is 11.6. The summed E-state index contributed by atoms with van der Waals surface area (Å²) in [6, 6.07) is 0. The van der Waals surface area contributed by atoms with Crippen LogP contribution in [0.25, 0.3) is 0 Å². The summed E-state index contributed by atoms with van der Waals surface area (Å²) in [5, 5.41) is 2.97. The molecular weight excluding hydrogens is 222 g/mol. The first-order valence-electron chi connectivity index (χ1n) is 6.21. The van der Waals surface area contributed by atoms with Crippen LogP contribution in [0.4, 0.5) is 0 Å². The number of hydrogen-bond donors (Lipinski definition) is 1. The maximum Gasteiger partial charge on any atom is 0.220 e. The van der Waals surface area contributed by atoms with Crippen molar-refractivity contribution in [1.29, 1.82) is 0 Å². The van der Waals surface area contributed by atoms with E-state index in [0.717, 1.165) is 12.8 Å². The van der Waals surface area contributed by atoms with Gasteiger partial charge >= 0.3 is 0 Å². The number of halogens is 1. The first kappa shape index (κ1) is 15.8. The van der Waals surface area contributed by atoms with Gasteiger partial charge in [-0.1, -0.05) is 47.5 Å². The lowest BCUT2D eigenvalue weighted by Crippen LogP contribution is -2.34. The fourth-order valence-corrected chi connectivity index (χ4v) is 2.16. The van der Waals surface area contributed by atoms with Gasteiger partial charge in [0, 0.05) is 13.0 Å². The molecule has 0 aromatic carbocycles. The molecule has 3 heteroatoms. The molecule has 1 N–H and O–H groups in total. The van der Waals surface area contributed by atoms with Crippen LogP contribution in [0.1, 0.15) is 53.9 Å². The molecule has 1 unspecified atom stereocenters. The predicted octanol–water partition coefficient (Wildman–Crippen LogP) is 3.58. The van der Waals surface area contributed by atoms with Crippen molar-refractivity contribution in [2.45, 2.75) is 59.3 Å². The molecule has 0 aliphatic heterocycles. The van der Waals surface area contributed by atoms with Gasteiger partial charge in [0.1, 0.15) is 0 Å². The van der Waals surface area contributed by atoms with Crippen LogP contribution in [0.3, 0.4) is 0 Å². The van der Waals surface area contributed by atoms with Crippen molar-refractivity contribution >= 4 is 17.5 Å². The summed E-state index contributed by atoms with van der Waals surface area (Å²) in [6.07, 6.45) is 2.69. The molecule has 1 amide bonds. The minimum atomic E-state index is 0.0425. The van der Waals surface area contributed by atoms with Crippen LogP contribution in [0.2, 0.25) is 0 Å². The summed E-state index contributed by atoms with van der Waals surface area (Å²) >= 11 is 6.25. The van der Waals surface area contributed by atoms with Gasteiger partial charge < -0.3 is 5.32 Å². The molecule has 0 radical (unpaired) electrons. The van der Waals surface area contributed by atoms with Crippen molar-refractivity contribution < 1.29 is 4.79 Å². The molecule has 0 bridgehead atoms. The zero-order chi connectivity index (χ0) is 12.8. The molecular formula is C13H26ClNO. The van der Waals surface area contributed by atoms with Crippen molar-refractivity contribution in [1.82, 2.24) is 5.32 Å². The molecule has 2 nitrogen and oxygen atoms in total. The van der Waals surface area contributed by atoms with Crippen molar-refractivity contribution in [3.63, 3.8) is 0 Å². The zero-order valence-corrected chi connectivity index (χ0v) is 12.0. The summed E-state index contributed by atoms with van der Waals surface area (Å²) in [6.45, 7) is 11.0. The van der Waals surface area contributed by atoms with Crippen LogP contribution in [-0.2, 0) is 4.79 Å².